The number of hydrogen-bond acceptors (Lipinski definition) is 4. The largest absolute Gasteiger partial charge is 0.388 e. The minimum atomic E-state index is -0.921. The molecule has 0 bridgehead atoms. The van der Waals surface area contributed by atoms with Gasteiger partial charge in [-0.1, -0.05) is 0 Å². The number of hydrogen-bond donors (Lipinski definition) is 2. The van der Waals surface area contributed by atoms with E-state index in [-0.39, 0.29) is 0 Å². The molecule has 2 radical (unpaired) electrons. The molecular weight excluding hydrogens is 124 g/mol. The lowest BCUT2D eigenvalue weighted by molar-refractivity contribution is 0.254. The molecule has 0 aliphatic heterocycles. The molecule has 1 atom stereocenters. The van der Waals surface area contributed by atoms with E-state index in [1.54, 1.807) is 0 Å². The Kier molecular flexibility index (Phi) is 12.7. The molecule has 0 rings (SSSR count). The molecule has 4 heteroatoms. The maximum atomic E-state index is 9.13. The van der Waals surface area contributed by atoms with Gasteiger partial charge in [0.15, 0.2) is 0 Å². The average Bonchev–Trinajstić information content (AvgIpc) is 1.89. The fraction of sp³-hybridized carbons (Fsp3) is 0.600. The quantitative estimate of drug-likeness (QED) is 0.482. The van der Waals surface area contributed by atoms with Crippen LogP contribution in [0.5, 0.6) is 0 Å². The van der Waals surface area contributed by atoms with Crippen LogP contribution in [0.15, 0.2) is 0 Å². The van der Waals surface area contributed by atoms with Gasteiger partial charge >= 0.3 is 0 Å². The third-order valence-corrected chi connectivity index (χ3v) is 0.235. The van der Waals surface area contributed by atoms with Gasteiger partial charge in [0.1, 0.15) is 12.7 Å². The van der Waals surface area contributed by atoms with E-state index in [0.29, 0.717) is 0 Å². The molecule has 4 nitrogen and oxygen atoms in total. The van der Waals surface area contributed by atoms with E-state index in [2.05, 4.69) is 0 Å². The first-order valence-corrected chi connectivity index (χ1v) is 2.20. The zero-order valence-electron chi connectivity index (χ0n) is 5.00. The highest BCUT2D eigenvalue weighted by molar-refractivity contribution is 5.55. The third kappa shape index (κ3) is 39.3. The predicted octanol–water partition coefficient (Wildman–Crippen LogP) is -1.43. The topological polar surface area (TPSA) is 74.6 Å². The Labute approximate surface area is 53.1 Å². The molecular formula is C5H8O4. The Balaban J connectivity index is 0. The minimum Gasteiger partial charge on any atom is -0.388 e. The summed E-state index contributed by atoms with van der Waals surface area (Å²) in [5.41, 5.74) is 0. The Morgan fingerprint density at radius 2 is 1.78 bits per heavy atom. The van der Waals surface area contributed by atoms with Crippen LogP contribution < -0.4 is 0 Å². The molecule has 1 unspecified atom stereocenters. The summed E-state index contributed by atoms with van der Waals surface area (Å²) in [6, 6.07) is 0. The van der Waals surface area contributed by atoms with Crippen molar-refractivity contribution in [3.05, 3.63) is 0 Å². The van der Waals surface area contributed by atoms with Gasteiger partial charge in [0.05, 0.1) is 0 Å². The highest BCUT2D eigenvalue weighted by Gasteiger charge is 1.84. The Bertz CT molecular complexity index is 69.4. The van der Waals surface area contributed by atoms with Crippen LogP contribution in [-0.2, 0) is 9.59 Å². The van der Waals surface area contributed by atoms with Crippen LogP contribution in [-0.4, -0.2) is 35.5 Å². The average molecular weight is 132 g/mol. The molecule has 9 heavy (non-hydrogen) atoms. The summed E-state index contributed by atoms with van der Waals surface area (Å²) in [6.07, 6.45) is 1.65. The lowest BCUT2D eigenvalue weighted by Gasteiger charge is -1.77. The second-order valence-electron chi connectivity index (χ2n) is 1.10. The van der Waals surface area contributed by atoms with Gasteiger partial charge < -0.3 is 10.2 Å². The zero-order chi connectivity index (χ0) is 7.70. The minimum absolute atomic E-state index is 0.486. The van der Waals surface area contributed by atoms with E-state index < -0.39 is 12.7 Å². The summed E-state index contributed by atoms with van der Waals surface area (Å²) in [5.74, 6) is 0. The van der Waals surface area contributed by atoms with Crippen LogP contribution in [0.2, 0.25) is 0 Å². The van der Waals surface area contributed by atoms with Crippen LogP contribution >= 0.6 is 0 Å². The lowest BCUT2D eigenvalue weighted by atomic mass is 10.5. The monoisotopic (exact) mass is 132 g/mol. The van der Waals surface area contributed by atoms with E-state index in [0.717, 1.165) is 0 Å². The number of rotatable bonds is 2. The van der Waals surface area contributed by atoms with Crippen LogP contribution in [0.25, 0.3) is 0 Å². The maximum absolute atomic E-state index is 9.13. The van der Waals surface area contributed by atoms with E-state index >= 15 is 0 Å². The van der Waals surface area contributed by atoms with Crippen molar-refractivity contribution in [3.8, 4) is 0 Å². The fourth-order valence-corrected chi connectivity index (χ4v) is 0. The van der Waals surface area contributed by atoms with E-state index in [9.17, 15) is 0 Å². The molecule has 0 aliphatic carbocycles. The maximum Gasteiger partial charge on any atom is 0.229 e. The molecule has 0 spiro atoms. The van der Waals surface area contributed by atoms with Crippen LogP contribution in [0.4, 0.5) is 0 Å². The van der Waals surface area contributed by atoms with Crippen molar-refractivity contribution < 1.29 is 19.8 Å². The molecule has 0 aromatic rings. The van der Waals surface area contributed by atoms with Gasteiger partial charge in [0, 0.05) is 0 Å². The summed E-state index contributed by atoms with van der Waals surface area (Å²) in [5, 5.41) is 15.4. The Morgan fingerprint density at radius 3 is 1.78 bits per heavy atom. The highest BCUT2D eigenvalue weighted by atomic mass is 16.3. The molecule has 0 saturated carbocycles. The van der Waals surface area contributed by atoms with Crippen molar-refractivity contribution in [1.82, 2.24) is 0 Å². The fourth-order valence-electron chi connectivity index (χ4n) is 0. The SMILES string of the molecule is CC(O)[C]=O.O=[C]CO. The highest BCUT2D eigenvalue weighted by Crippen LogP contribution is 1.62. The Hall–Kier alpha value is -0.740. The molecule has 0 fully saturated rings. The smallest absolute Gasteiger partial charge is 0.229 e. The molecule has 52 valence electrons. The lowest BCUT2D eigenvalue weighted by Crippen LogP contribution is -1.97. The van der Waals surface area contributed by atoms with E-state index in [1.165, 1.54) is 19.5 Å². The summed E-state index contributed by atoms with van der Waals surface area (Å²) in [7, 11) is 0. The van der Waals surface area contributed by atoms with Crippen molar-refractivity contribution in [3.63, 3.8) is 0 Å². The summed E-state index contributed by atoms with van der Waals surface area (Å²) in [6.45, 7) is 0.868. The first kappa shape index (κ1) is 11.1. The molecule has 0 heterocycles. The van der Waals surface area contributed by atoms with Gasteiger partial charge in [-0.05, 0) is 6.92 Å². The second-order valence-corrected chi connectivity index (χ2v) is 1.10. The van der Waals surface area contributed by atoms with Crippen molar-refractivity contribution in [2.24, 2.45) is 0 Å². The zero-order valence-corrected chi connectivity index (χ0v) is 5.00. The van der Waals surface area contributed by atoms with E-state index in [4.69, 9.17) is 19.8 Å². The standard InChI is InChI=1S/C3H5O2.C2H3O2/c1-3(5)2-4;3-1-2-4/h3,5H,1H3;3H,1H2. The van der Waals surface area contributed by atoms with Gasteiger partial charge in [-0.25, -0.2) is 0 Å². The summed E-state index contributed by atoms with van der Waals surface area (Å²) in [4.78, 5) is 17.9. The number of aliphatic hydroxyl groups is 2. The van der Waals surface area contributed by atoms with Gasteiger partial charge in [-0.2, -0.15) is 0 Å². The normalized spacial score (nSPS) is 10.6. The second kappa shape index (κ2) is 10.3. The third-order valence-electron chi connectivity index (χ3n) is 0.235. The van der Waals surface area contributed by atoms with Crippen molar-refractivity contribution >= 4 is 12.6 Å². The molecule has 0 saturated heterocycles. The van der Waals surface area contributed by atoms with Crippen LogP contribution in [0, 0.1) is 0 Å². The first-order chi connectivity index (χ1) is 4.18. The van der Waals surface area contributed by atoms with Gasteiger partial charge in [0.25, 0.3) is 0 Å². The van der Waals surface area contributed by atoms with Crippen molar-refractivity contribution in [2.45, 2.75) is 13.0 Å². The predicted molar refractivity (Wildman–Crippen MR) is 30.2 cm³/mol. The number of carbonyl (C=O) groups excluding carboxylic acids is 2. The van der Waals surface area contributed by atoms with Gasteiger partial charge in [-0.3, -0.25) is 9.59 Å². The Morgan fingerprint density at radius 1 is 1.56 bits per heavy atom. The van der Waals surface area contributed by atoms with Crippen LogP contribution in [0.1, 0.15) is 6.92 Å². The molecule has 0 aromatic carbocycles. The molecule has 0 aliphatic rings. The summed E-state index contributed by atoms with van der Waals surface area (Å²) < 4.78 is 0. The van der Waals surface area contributed by atoms with Crippen LogP contribution in [0.3, 0.4) is 0 Å². The van der Waals surface area contributed by atoms with Gasteiger partial charge in [-0.15, -0.1) is 0 Å². The first-order valence-electron chi connectivity index (χ1n) is 2.20. The van der Waals surface area contributed by atoms with Gasteiger partial charge in [0.2, 0.25) is 12.6 Å². The molecule has 0 amide bonds. The molecule has 2 N–H and O–H groups in total. The van der Waals surface area contributed by atoms with Crippen molar-refractivity contribution in [2.75, 3.05) is 6.61 Å². The van der Waals surface area contributed by atoms with E-state index in [1.807, 2.05) is 0 Å². The summed E-state index contributed by atoms with van der Waals surface area (Å²) >= 11 is 0. The van der Waals surface area contributed by atoms with Crippen molar-refractivity contribution in [1.29, 1.82) is 0 Å². The number of aliphatic hydroxyl groups excluding tert-OH is 2. The molecule has 0 aromatic heterocycles.